The van der Waals surface area contributed by atoms with Crippen molar-refractivity contribution in [3.05, 3.63) is 65.5 Å². The minimum Gasteiger partial charge on any atom is -0.497 e. The number of thioether (sulfide) groups is 1. The third-order valence-corrected chi connectivity index (χ3v) is 7.02. The van der Waals surface area contributed by atoms with Crippen molar-refractivity contribution in [3.63, 3.8) is 0 Å². The Balaban J connectivity index is 1.48. The molecule has 0 spiro atoms. The molecule has 0 aliphatic heterocycles. The van der Waals surface area contributed by atoms with Crippen LogP contribution in [-0.4, -0.2) is 46.1 Å². The highest BCUT2D eigenvalue weighted by atomic mass is 32.2. The minimum atomic E-state index is -0.466. The fourth-order valence-electron chi connectivity index (χ4n) is 3.43. The Kier molecular flexibility index (Phi) is 7.84. The molecular weight excluding hydrogens is 484 g/mol. The Hall–Kier alpha value is -3.63. The largest absolute Gasteiger partial charge is 0.497 e. The van der Waals surface area contributed by atoms with E-state index in [1.807, 2.05) is 71.6 Å². The third kappa shape index (κ3) is 5.55. The maximum absolute atomic E-state index is 12.8. The van der Waals surface area contributed by atoms with Crippen LogP contribution in [0.1, 0.15) is 17.3 Å². The minimum absolute atomic E-state index is 0.102. The molecule has 0 unspecified atom stereocenters. The van der Waals surface area contributed by atoms with Gasteiger partial charge in [0.25, 0.3) is 0 Å². The smallest absolute Gasteiger partial charge is 0.341 e. The number of nitrogens with zero attached hydrogens (tertiary/aromatic N) is 3. The van der Waals surface area contributed by atoms with Gasteiger partial charge in [-0.25, -0.2) is 4.79 Å². The molecule has 1 amide bonds. The lowest BCUT2D eigenvalue weighted by atomic mass is 10.0. The summed E-state index contributed by atoms with van der Waals surface area (Å²) in [6.45, 7) is 2.00. The fourth-order valence-corrected chi connectivity index (χ4v) is 5.12. The second-order valence-electron chi connectivity index (χ2n) is 7.37. The summed E-state index contributed by atoms with van der Waals surface area (Å²) in [7, 11) is 3.46. The summed E-state index contributed by atoms with van der Waals surface area (Å²) >= 11 is 2.56. The van der Waals surface area contributed by atoms with Crippen LogP contribution in [0.15, 0.2) is 65.1 Å². The molecule has 0 fully saturated rings. The average molecular weight is 509 g/mol. The lowest BCUT2D eigenvalue weighted by Crippen LogP contribution is -2.16. The SMILES string of the molecule is CCOC(=O)c1c(-c2ccccc2)csc1NC(=O)CSc1nnc(-c2cccc(OC)c2)n1C. The van der Waals surface area contributed by atoms with Crippen molar-refractivity contribution in [1.82, 2.24) is 14.8 Å². The summed E-state index contributed by atoms with van der Waals surface area (Å²) in [5, 5.41) is 14.3. The molecule has 2 aromatic carbocycles. The molecule has 10 heteroatoms. The van der Waals surface area contributed by atoms with Crippen LogP contribution < -0.4 is 10.1 Å². The summed E-state index contributed by atoms with van der Waals surface area (Å²) < 4.78 is 12.4. The van der Waals surface area contributed by atoms with E-state index >= 15 is 0 Å². The molecule has 8 nitrogen and oxygen atoms in total. The second-order valence-corrected chi connectivity index (χ2v) is 9.20. The van der Waals surface area contributed by atoms with Gasteiger partial charge in [0, 0.05) is 23.6 Å². The molecular formula is C25H24N4O4S2. The number of rotatable bonds is 9. The van der Waals surface area contributed by atoms with Gasteiger partial charge >= 0.3 is 5.97 Å². The van der Waals surface area contributed by atoms with Crippen LogP contribution in [0.3, 0.4) is 0 Å². The van der Waals surface area contributed by atoms with Crippen LogP contribution in [-0.2, 0) is 16.6 Å². The van der Waals surface area contributed by atoms with E-state index in [2.05, 4.69) is 15.5 Å². The Labute approximate surface area is 211 Å². The van der Waals surface area contributed by atoms with Crippen molar-refractivity contribution in [1.29, 1.82) is 0 Å². The monoisotopic (exact) mass is 508 g/mol. The highest BCUT2D eigenvalue weighted by molar-refractivity contribution is 7.99. The molecule has 4 rings (SSSR count). The molecule has 0 aliphatic carbocycles. The number of ether oxygens (including phenoxy) is 2. The van der Waals surface area contributed by atoms with Crippen LogP contribution in [0.2, 0.25) is 0 Å². The molecule has 4 aromatic rings. The van der Waals surface area contributed by atoms with E-state index in [0.717, 1.165) is 22.4 Å². The van der Waals surface area contributed by atoms with Crippen molar-refractivity contribution in [2.45, 2.75) is 12.1 Å². The molecule has 2 aromatic heterocycles. The Morgan fingerprint density at radius 1 is 1.09 bits per heavy atom. The molecule has 0 saturated heterocycles. The standard InChI is InChI=1S/C25H24N4O4S2/c1-4-33-24(31)21-19(16-9-6-5-7-10-16)14-34-23(21)26-20(30)15-35-25-28-27-22(29(25)2)17-11-8-12-18(13-17)32-3/h5-14H,4,15H2,1-3H3,(H,26,30). The number of benzene rings is 2. The summed E-state index contributed by atoms with van der Waals surface area (Å²) in [6, 6.07) is 17.1. The van der Waals surface area contributed by atoms with Crippen molar-refractivity contribution >= 4 is 40.0 Å². The first-order valence-corrected chi connectivity index (χ1v) is 12.7. The number of thiophene rings is 1. The lowest BCUT2D eigenvalue weighted by Gasteiger charge is -2.09. The number of aromatic nitrogens is 3. The number of nitrogens with one attached hydrogen (secondary N) is 1. The molecule has 1 N–H and O–H groups in total. The van der Waals surface area contributed by atoms with Gasteiger partial charge in [0.1, 0.15) is 16.3 Å². The first-order valence-electron chi connectivity index (χ1n) is 10.8. The van der Waals surface area contributed by atoms with E-state index in [1.165, 1.54) is 23.1 Å². The maximum Gasteiger partial charge on any atom is 0.341 e. The predicted molar refractivity (Wildman–Crippen MR) is 138 cm³/mol. The summed E-state index contributed by atoms with van der Waals surface area (Å²) in [5.74, 6) is 0.773. The number of methoxy groups -OCH3 is 1. The zero-order valence-electron chi connectivity index (χ0n) is 19.5. The maximum atomic E-state index is 12.8. The molecule has 0 radical (unpaired) electrons. The van der Waals surface area contributed by atoms with Gasteiger partial charge in [-0.1, -0.05) is 54.2 Å². The quantitative estimate of drug-likeness (QED) is 0.247. The number of hydrogen-bond acceptors (Lipinski definition) is 8. The van der Waals surface area contributed by atoms with Gasteiger partial charge in [0.15, 0.2) is 11.0 Å². The van der Waals surface area contributed by atoms with E-state index in [-0.39, 0.29) is 18.3 Å². The van der Waals surface area contributed by atoms with Crippen LogP contribution in [0.5, 0.6) is 5.75 Å². The molecule has 0 atom stereocenters. The highest BCUT2D eigenvalue weighted by Gasteiger charge is 2.23. The van der Waals surface area contributed by atoms with Gasteiger partial charge in [-0.2, -0.15) is 0 Å². The fraction of sp³-hybridized carbons (Fsp3) is 0.200. The van der Waals surface area contributed by atoms with Gasteiger partial charge in [0.05, 0.1) is 19.5 Å². The number of hydrogen-bond donors (Lipinski definition) is 1. The van der Waals surface area contributed by atoms with Gasteiger partial charge in [-0.3, -0.25) is 4.79 Å². The molecule has 0 bridgehead atoms. The number of esters is 1. The topological polar surface area (TPSA) is 95.3 Å². The number of amides is 1. The molecule has 0 saturated carbocycles. The van der Waals surface area contributed by atoms with Crippen molar-refractivity contribution in [2.75, 3.05) is 24.8 Å². The van der Waals surface area contributed by atoms with E-state index in [1.54, 1.807) is 14.0 Å². The Morgan fingerprint density at radius 3 is 2.60 bits per heavy atom. The van der Waals surface area contributed by atoms with Crippen molar-refractivity contribution in [3.8, 4) is 28.3 Å². The molecule has 35 heavy (non-hydrogen) atoms. The lowest BCUT2D eigenvalue weighted by molar-refractivity contribution is -0.113. The van der Waals surface area contributed by atoms with Crippen LogP contribution in [0, 0.1) is 0 Å². The number of carbonyl (C=O) groups excluding carboxylic acids is 2. The van der Waals surface area contributed by atoms with Gasteiger partial charge in [-0.15, -0.1) is 21.5 Å². The van der Waals surface area contributed by atoms with E-state index < -0.39 is 5.97 Å². The van der Waals surface area contributed by atoms with Crippen LogP contribution >= 0.6 is 23.1 Å². The third-order valence-electron chi connectivity index (χ3n) is 5.10. The molecule has 0 aliphatic rings. The van der Waals surface area contributed by atoms with Crippen LogP contribution in [0.4, 0.5) is 5.00 Å². The first kappa shape index (κ1) is 24.5. The zero-order chi connectivity index (χ0) is 24.8. The van der Waals surface area contributed by atoms with E-state index in [4.69, 9.17) is 9.47 Å². The Morgan fingerprint density at radius 2 is 1.86 bits per heavy atom. The summed E-state index contributed by atoms with van der Waals surface area (Å²) in [4.78, 5) is 25.5. The Bertz CT molecular complexity index is 1330. The molecule has 180 valence electrons. The summed E-state index contributed by atoms with van der Waals surface area (Å²) in [5.41, 5.74) is 2.83. The van der Waals surface area contributed by atoms with Gasteiger partial charge < -0.3 is 19.4 Å². The van der Waals surface area contributed by atoms with Gasteiger partial charge in [0.2, 0.25) is 5.91 Å². The van der Waals surface area contributed by atoms with Crippen molar-refractivity contribution in [2.24, 2.45) is 7.05 Å². The van der Waals surface area contributed by atoms with Crippen molar-refractivity contribution < 1.29 is 19.1 Å². The summed E-state index contributed by atoms with van der Waals surface area (Å²) in [6.07, 6.45) is 0. The highest BCUT2D eigenvalue weighted by Crippen LogP contribution is 2.36. The van der Waals surface area contributed by atoms with E-state index in [9.17, 15) is 9.59 Å². The van der Waals surface area contributed by atoms with E-state index in [0.29, 0.717) is 21.5 Å². The second kappa shape index (κ2) is 11.2. The number of carbonyl (C=O) groups is 2. The zero-order valence-corrected chi connectivity index (χ0v) is 21.1. The molecule has 2 heterocycles. The normalized spacial score (nSPS) is 10.7. The average Bonchev–Trinajstić information content (AvgIpc) is 3.46. The van der Waals surface area contributed by atoms with Gasteiger partial charge in [-0.05, 0) is 24.6 Å². The number of anilines is 1. The first-order chi connectivity index (χ1) is 17.0. The van der Waals surface area contributed by atoms with Crippen LogP contribution in [0.25, 0.3) is 22.5 Å². The predicted octanol–water partition coefficient (Wildman–Crippen LogP) is 5.13.